The third kappa shape index (κ3) is 7.67. The standard InChI is InChI=1S/C13H19ClN2OS.ClH/c1-9(15)7-8-16-13(17)10(2)18-12-5-3-11(14)4-6-12;/h3-6,9-10H,7-8,15H2,1-2H3,(H,16,17);1H. The van der Waals surface area contributed by atoms with Gasteiger partial charge in [-0.2, -0.15) is 0 Å². The maximum atomic E-state index is 11.8. The molecule has 1 rings (SSSR count). The van der Waals surface area contributed by atoms with Gasteiger partial charge in [-0.15, -0.1) is 24.2 Å². The Morgan fingerprint density at radius 2 is 1.95 bits per heavy atom. The van der Waals surface area contributed by atoms with E-state index in [2.05, 4.69) is 5.32 Å². The second kappa shape index (κ2) is 9.48. The van der Waals surface area contributed by atoms with Crippen LogP contribution in [0.5, 0.6) is 0 Å². The number of nitrogens with two attached hydrogens (primary N) is 1. The number of thioether (sulfide) groups is 1. The van der Waals surface area contributed by atoms with Gasteiger partial charge in [-0.3, -0.25) is 4.79 Å². The number of nitrogens with one attached hydrogen (secondary N) is 1. The Balaban J connectivity index is 0.00000324. The lowest BCUT2D eigenvalue weighted by molar-refractivity contribution is -0.120. The first-order chi connectivity index (χ1) is 8.49. The number of carbonyl (C=O) groups is 1. The van der Waals surface area contributed by atoms with Gasteiger partial charge in [0.1, 0.15) is 0 Å². The quantitative estimate of drug-likeness (QED) is 0.791. The molecule has 0 spiro atoms. The summed E-state index contributed by atoms with van der Waals surface area (Å²) in [5.74, 6) is 0.0376. The molecule has 0 bridgehead atoms. The first-order valence-electron chi connectivity index (χ1n) is 5.94. The normalized spacial score (nSPS) is 13.3. The van der Waals surface area contributed by atoms with Crippen molar-refractivity contribution in [1.82, 2.24) is 5.32 Å². The number of hydrogen-bond donors (Lipinski definition) is 2. The summed E-state index contributed by atoms with van der Waals surface area (Å²) in [6.45, 7) is 4.44. The number of rotatable bonds is 6. The summed E-state index contributed by atoms with van der Waals surface area (Å²) in [6.07, 6.45) is 0.796. The molecule has 0 aliphatic carbocycles. The van der Waals surface area contributed by atoms with Crippen molar-refractivity contribution in [3.63, 3.8) is 0 Å². The van der Waals surface area contributed by atoms with E-state index < -0.39 is 0 Å². The van der Waals surface area contributed by atoms with Gasteiger partial charge < -0.3 is 11.1 Å². The van der Waals surface area contributed by atoms with Gasteiger partial charge in [-0.05, 0) is 44.5 Å². The van der Waals surface area contributed by atoms with Gasteiger partial charge in [-0.25, -0.2) is 0 Å². The Hall–Kier alpha value is -0.420. The number of benzene rings is 1. The Bertz CT molecular complexity index is 385. The van der Waals surface area contributed by atoms with Crippen LogP contribution in [-0.4, -0.2) is 23.7 Å². The van der Waals surface area contributed by atoms with Gasteiger partial charge in [0.2, 0.25) is 5.91 Å². The SMILES string of the molecule is CC(N)CCNC(=O)C(C)Sc1ccc(Cl)cc1.Cl. The molecular weight excluding hydrogens is 303 g/mol. The molecule has 0 saturated heterocycles. The average molecular weight is 323 g/mol. The molecule has 0 aromatic heterocycles. The van der Waals surface area contributed by atoms with Gasteiger partial charge in [0.05, 0.1) is 5.25 Å². The van der Waals surface area contributed by atoms with Crippen molar-refractivity contribution in [2.45, 2.75) is 36.5 Å². The predicted molar refractivity (Wildman–Crippen MR) is 85.3 cm³/mol. The van der Waals surface area contributed by atoms with Crippen LogP contribution >= 0.6 is 35.8 Å². The summed E-state index contributed by atoms with van der Waals surface area (Å²) in [6, 6.07) is 7.59. The van der Waals surface area contributed by atoms with Crippen LogP contribution in [0.2, 0.25) is 5.02 Å². The number of hydrogen-bond acceptors (Lipinski definition) is 3. The second-order valence-electron chi connectivity index (χ2n) is 4.27. The first-order valence-corrected chi connectivity index (χ1v) is 7.20. The maximum Gasteiger partial charge on any atom is 0.233 e. The lowest BCUT2D eigenvalue weighted by Gasteiger charge is -2.12. The molecule has 0 aliphatic rings. The lowest BCUT2D eigenvalue weighted by Crippen LogP contribution is -2.33. The van der Waals surface area contributed by atoms with Gasteiger partial charge in [0.25, 0.3) is 0 Å². The van der Waals surface area contributed by atoms with Crippen molar-refractivity contribution < 1.29 is 4.79 Å². The molecule has 108 valence electrons. The molecule has 2 atom stereocenters. The molecule has 1 amide bonds. The third-order valence-electron chi connectivity index (χ3n) is 2.39. The van der Waals surface area contributed by atoms with E-state index in [0.717, 1.165) is 11.3 Å². The minimum absolute atomic E-state index is 0. The zero-order valence-corrected chi connectivity index (χ0v) is 13.4. The van der Waals surface area contributed by atoms with Crippen molar-refractivity contribution in [3.8, 4) is 0 Å². The topological polar surface area (TPSA) is 55.1 Å². The Morgan fingerprint density at radius 3 is 2.47 bits per heavy atom. The zero-order valence-electron chi connectivity index (χ0n) is 11.1. The molecule has 0 saturated carbocycles. The molecule has 0 heterocycles. The molecule has 3 nitrogen and oxygen atoms in total. The van der Waals surface area contributed by atoms with Crippen molar-refractivity contribution >= 4 is 41.7 Å². The van der Waals surface area contributed by atoms with Crippen molar-refractivity contribution in [2.75, 3.05) is 6.54 Å². The van der Waals surface area contributed by atoms with Crippen molar-refractivity contribution in [1.29, 1.82) is 0 Å². The average Bonchev–Trinajstić information content (AvgIpc) is 2.31. The molecule has 3 N–H and O–H groups in total. The molecule has 0 radical (unpaired) electrons. The Kier molecular flexibility index (Phi) is 9.27. The van der Waals surface area contributed by atoms with Gasteiger partial charge >= 0.3 is 0 Å². The van der Waals surface area contributed by atoms with Crippen molar-refractivity contribution in [3.05, 3.63) is 29.3 Å². The fourth-order valence-corrected chi connectivity index (χ4v) is 2.36. The lowest BCUT2D eigenvalue weighted by atomic mass is 10.2. The monoisotopic (exact) mass is 322 g/mol. The minimum atomic E-state index is -0.126. The highest BCUT2D eigenvalue weighted by Gasteiger charge is 2.13. The van der Waals surface area contributed by atoms with E-state index in [4.69, 9.17) is 17.3 Å². The van der Waals surface area contributed by atoms with Crippen LogP contribution in [-0.2, 0) is 4.79 Å². The van der Waals surface area contributed by atoms with Crippen LogP contribution in [0.25, 0.3) is 0 Å². The van der Waals surface area contributed by atoms with Gasteiger partial charge in [0.15, 0.2) is 0 Å². The van der Waals surface area contributed by atoms with Crippen LogP contribution in [0.4, 0.5) is 0 Å². The summed E-state index contributed by atoms with van der Waals surface area (Å²) in [4.78, 5) is 12.8. The molecule has 6 heteroatoms. The van der Waals surface area contributed by atoms with E-state index in [-0.39, 0.29) is 29.6 Å². The van der Waals surface area contributed by atoms with Gasteiger partial charge in [-0.1, -0.05) is 11.6 Å². The van der Waals surface area contributed by atoms with Crippen LogP contribution < -0.4 is 11.1 Å². The number of amides is 1. The molecule has 1 aromatic rings. The minimum Gasteiger partial charge on any atom is -0.355 e. The van der Waals surface area contributed by atoms with Crippen LogP contribution in [0.1, 0.15) is 20.3 Å². The maximum absolute atomic E-state index is 11.8. The fraction of sp³-hybridized carbons (Fsp3) is 0.462. The Labute approximate surface area is 130 Å². The van der Waals surface area contributed by atoms with Crippen LogP contribution in [0, 0.1) is 0 Å². The van der Waals surface area contributed by atoms with Crippen molar-refractivity contribution in [2.24, 2.45) is 5.73 Å². The molecule has 1 aromatic carbocycles. The van der Waals surface area contributed by atoms with E-state index in [0.29, 0.717) is 11.6 Å². The molecule has 2 unspecified atom stereocenters. The zero-order chi connectivity index (χ0) is 13.5. The molecule has 19 heavy (non-hydrogen) atoms. The summed E-state index contributed by atoms with van der Waals surface area (Å²) >= 11 is 7.33. The van der Waals surface area contributed by atoms with E-state index in [9.17, 15) is 4.79 Å². The van der Waals surface area contributed by atoms with E-state index in [1.165, 1.54) is 11.8 Å². The molecule has 0 fully saturated rings. The highest BCUT2D eigenvalue weighted by molar-refractivity contribution is 8.00. The summed E-state index contributed by atoms with van der Waals surface area (Å²) in [5, 5.41) is 3.46. The highest BCUT2D eigenvalue weighted by atomic mass is 35.5. The van der Waals surface area contributed by atoms with Crippen LogP contribution in [0.3, 0.4) is 0 Å². The third-order valence-corrected chi connectivity index (χ3v) is 3.76. The van der Waals surface area contributed by atoms with E-state index in [1.54, 1.807) is 0 Å². The summed E-state index contributed by atoms with van der Waals surface area (Å²) < 4.78 is 0. The van der Waals surface area contributed by atoms with Crippen LogP contribution in [0.15, 0.2) is 29.2 Å². The van der Waals surface area contributed by atoms with Gasteiger partial charge in [0, 0.05) is 22.5 Å². The Morgan fingerprint density at radius 1 is 1.37 bits per heavy atom. The van der Waals surface area contributed by atoms with E-state index >= 15 is 0 Å². The highest BCUT2D eigenvalue weighted by Crippen LogP contribution is 2.24. The number of carbonyl (C=O) groups excluding carboxylic acids is 1. The fourth-order valence-electron chi connectivity index (χ4n) is 1.34. The summed E-state index contributed by atoms with van der Waals surface area (Å²) in [5.41, 5.74) is 5.62. The molecule has 0 aliphatic heterocycles. The number of halogens is 2. The molecular formula is C13H20Cl2N2OS. The predicted octanol–water partition coefficient (Wildman–Crippen LogP) is 3.10. The first kappa shape index (κ1) is 18.6. The van der Waals surface area contributed by atoms with E-state index in [1.807, 2.05) is 38.1 Å². The smallest absolute Gasteiger partial charge is 0.233 e. The largest absolute Gasteiger partial charge is 0.355 e. The second-order valence-corrected chi connectivity index (χ2v) is 6.12. The summed E-state index contributed by atoms with van der Waals surface area (Å²) in [7, 11) is 0.